The molecule has 5 heteroatoms. The number of benzene rings is 1. The quantitative estimate of drug-likeness (QED) is 0.329. The Morgan fingerprint density at radius 3 is 2.25 bits per heavy atom. The zero-order chi connectivity index (χ0) is 19.9. The van der Waals surface area contributed by atoms with Crippen molar-refractivity contribution >= 4 is 8.80 Å². The first-order valence-electron chi connectivity index (χ1n) is 11.3. The van der Waals surface area contributed by atoms with Crippen LogP contribution in [0.25, 0.3) is 0 Å². The van der Waals surface area contributed by atoms with Gasteiger partial charge in [0.15, 0.2) is 11.6 Å². The van der Waals surface area contributed by atoms with E-state index >= 15 is 0 Å². The van der Waals surface area contributed by atoms with E-state index in [1.807, 2.05) is 0 Å². The van der Waals surface area contributed by atoms with Gasteiger partial charge in [-0.05, 0) is 68.4 Å². The molecule has 1 saturated heterocycles. The average Bonchev–Trinajstić information content (AvgIpc) is 2.73. The molecule has 2 aliphatic rings. The molecular weight excluding hydrogens is 377 g/mol. The summed E-state index contributed by atoms with van der Waals surface area (Å²) in [6.45, 7) is 1.94. The molecule has 1 heterocycles. The Kier molecular flexibility index (Phi) is 8.31. The van der Waals surface area contributed by atoms with Gasteiger partial charge in [-0.25, -0.2) is 4.39 Å². The first kappa shape index (κ1) is 21.7. The zero-order valence-electron chi connectivity index (χ0n) is 17.2. The molecular formula is C23H35F3OSi. The minimum Gasteiger partial charge on any atom is -0.491 e. The van der Waals surface area contributed by atoms with Gasteiger partial charge in [0.1, 0.15) is 0 Å². The molecule has 0 spiro atoms. The molecule has 158 valence electrons. The molecule has 2 fully saturated rings. The van der Waals surface area contributed by atoms with Gasteiger partial charge in [-0.3, -0.25) is 4.39 Å². The van der Waals surface area contributed by atoms with E-state index in [1.165, 1.54) is 31.0 Å². The van der Waals surface area contributed by atoms with Gasteiger partial charge in [0.05, 0.1) is 13.3 Å². The Balaban J connectivity index is 1.48. The normalized spacial score (nSPS) is 28.3. The zero-order valence-corrected chi connectivity index (χ0v) is 18.4. The first-order valence-corrected chi connectivity index (χ1v) is 13.8. The SMILES string of the molecule is CCOc1ccc([C@H]2CC[C@H]([C@H]3CC[Si@H](CCCCF)CC3)CC2)c(F)c1F. The lowest BCUT2D eigenvalue weighted by Gasteiger charge is -2.37. The maximum Gasteiger partial charge on any atom is 0.200 e. The summed E-state index contributed by atoms with van der Waals surface area (Å²) in [4.78, 5) is 0. The standard InChI is InChI=1S/C23H35F3OSi/c1-2-27-21-10-9-20(22(25)23(21)26)19-7-5-17(6-8-19)18-11-15-28(16-12-18)14-4-3-13-24/h9-10,17-19,28H,2-8,11-16H2,1H3/t17-,18-,19-,28-. The van der Waals surface area contributed by atoms with Crippen LogP contribution < -0.4 is 4.74 Å². The largest absolute Gasteiger partial charge is 0.491 e. The van der Waals surface area contributed by atoms with E-state index in [2.05, 4.69) is 0 Å². The van der Waals surface area contributed by atoms with Gasteiger partial charge >= 0.3 is 0 Å². The summed E-state index contributed by atoms with van der Waals surface area (Å²) >= 11 is 0. The van der Waals surface area contributed by atoms with Crippen molar-refractivity contribution in [3.63, 3.8) is 0 Å². The fourth-order valence-corrected chi connectivity index (χ4v) is 9.04. The van der Waals surface area contributed by atoms with Crippen LogP contribution in [0.4, 0.5) is 13.2 Å². The molecule has 1 saturated carbocycles. The van der Waals surface area contributed by atoms with Gasteiger partial charge < -0.3 is 4.74 Å². The molecule has 1 aromatic carbocycles. The van der Waals surface area contributed by atoms with Gasteiger partial charge in [-0.2, -0.15) is 4.39 Å². The van der Waals surface area contributed by atoms with Crippen molar-refractivity contribution in [3.8, 4) is 5.75 Å². The maximum absolute atomic E-state index is 14.5. The molecule has 0 atom stereocenters. The third kappa shape index (κ3) is 5.34. The summed E-state index contributed by atoms with van der Waals surface area (Å²) in [7, 11) is -0.605. The molecule has 0 bridgehead atoms. The van der Waals surface area contributed by atoms with E-state index in [9.17, 15) is 13.2 Å². The number of halogens is 3. The molecule has 0 N–H and O–H groups in total. The smallest absolute Gasteiger partial charge is 0.200 e. The van der Waals surface area contributed by atoms with Crippen LogP contribution in [0.5, 0.6) is 5.75 Å². The maximum atomic E-state index is 14.5. The predicted octanol–water partition coefficient (Wildman–Crippen LogP) is 7.02. The minimum atomic E-state index is -0.836. The van der Waals surface area contributed by atoms with Crippen molar-refractivity contribution in [1.29, 1.82) is 0 Å². The van der Waals surface area contributed by atoms with Crippen LogP contribution in [0.2, 0.25) is 18.1 Å². The molecule has 1 nitrogen and oxygen atoms in total. The van der Waals surface area contributed by atoms with Crippen molar-refractivity contribution in [1.82, 2.24) is 0 Å². The Labute approximate surface area is 169 Å². The summed E-state index contributed by atoms with van der Waals surface area (Å²) in [5, 5.41) is 0. The fourth-order valence-electron chi connectivity index (χ4n) is 5.51. The van der Waals surface area contributed by atoms with E-state index < -0.39 is 20.4 Å². The van der Waals surface area contributed by atoms with Crippen LogP contribution >= 0.6 is 0 Å². The van der Waals surface area contributed by atoms with E-state index in [0.29, 0.717) is 12.2 Å². The summed E-state index contributed by atoms with van der Waals surface area (Å²) in [6, 6.07) is 7.48. The van der Waals surface area contributed by atoms with Gasteiger partial charge in [0.25, 0.3) is 0 Å². The van der Waals surface area contributed by atoms with Crippen LogP contribution in [0, 0.1) is 23.5 Å². The lowest BCUT2D eigenvalue weighted by molar-refractivity contribution is 0.214. The highest BCUT2D eigenvalue weighted by Crippen LogP contribution is 2.44. The number of hydrogen-bond acceptors (Lipinski definition) is 1. The van der Waals surface area contributed by atoms with Crippen molar-refractivity contribution < 1.29 is 17.9 Å². The lowest BCUT2D eigenvalue weighted by Crippen LogP contribution is -2.28. The molecule has 28 heavy (non-hydrogen) atoms. The summed E-state index contributed by atoms with van der Waals surface area (Å²) in [5.74, 6) is 0.185. The molecule has 0 aromatic heterocycles. The fraction of sp³-hybridized carbons (Fsp3) is 0.739. The number of ether oxygens (including phenoxy) is 1. The summed E-state index contributed by atoms with van der Waals surface area (Å²) in [5.41, 5.74) is 0.531. The van der Waals surface area contributed by atoms with Crippen LogP contribution in [-0.2, 0) is 0 Å². The van der Waals surface area contributed by atoms with Crippen molar-refractivity contribution in [3.05, 3.63) is 29.3 Å². The second-order valence-electron chi connectivity index (χ2n) is 8.79. The van der Waals surface area contributed by atoms with E-state index in [1.54, 1.807) is 19.1 Å². The van der Waals surface area contributed by atoms with Crippen molar-refractivity contribution in [2.45, 2.75) is 82.3 Å². The monoisotopic (exact) mass is 412 g/mol. The topological polar surface area (TPSA) is 9.23 Å². The molecule has 1 aliphatic carbocycles. The third-order valence-electron chi connectivity index (χ3n) is 7.14. The van der Waals surface area contributed by atoms with Gasteiger partial charge in [0.2, 0.25) is 5.82 Å². The number of hydrogen-bond donors (Lipinski definition) is 0. The van der Waals surface area contributed by atoms with E-state index in [-0.39, 0.29) is 18.3 Å². The van der Waals surface area contributed by atoms with Gasteiger partial charge in [-0.15, -0.1) is 0 Å². The first-order chi connectivity index (χ1) is 13.6. The van der Waals surface area contributed by atoms with Gasteiger partial charge in [0, 0.05) is 8.80 Å². The molecule has 0 unspecified atom stereocenters. The molecule has 3 rings (SSSR count). The Morgan fingerprint density at radius 2 is 1.61 bits per heavy atom. The van der Waals surface area contributed by atoms with Crippen LogP contribution in [0.3, 0.4) is 0 Å². The Morgan fingerprint density at radius 1 is 0.929 bits per heavy atom. The predicted molar refractivity (Wildman–Crippen MR) is 112 cm³/mol. The highest BCUT2D eigenvalue weighted by molar-refractivity contribution is 6.58. The second-order valence-corrected chi connectivity index (χ2v) is 12.3. The number of alkyl halides is 1. The Bertz CT molecular complexity index is 608. The molecule has 1 aromatic rings. The highest BCUT2D eigenvalue weighted by atomic mass is 28.3. The summed E-state index contributed by atoms with van der Waals surface area (Å²) < 4.78 is 46.2. The molecule has 0 radical (unpaired) electrons. The molecule has 1 aliphatic heterocycles. The minimum absolute atomic E-state index is 0.0184. The van der Waals surface area contributed by atoms with E-state index in [0.717, 1.165) is 50.4 Å². The third-order valence-corrected chi connectivity index (χ3v) is 10.7. The van der Waals surface area contributed by atoms with Crippen molar-refractivity contribution in [2.75, 3.05) is 13.3 Å². The van der Waals surface area contributed by atoms with Crippen molar-refractivity contribution in [2.24, 2.45) is 11.8 Å². The number of unbranched alkanes of at least 4 members (excludes halogenated alkanes) is 1. The highest BCUT2D eigenvalue weighted by Gasteiger charge is 2.32. The number of rotatable bonds is 8. The van der Waals surface area contributed by atoms with Crippen LogP contribution in [-0.4, -0.2) is 22.1 Å². The molecule has 0 amide bonds. The van der Waals surface area contributed by atoms with Crippen LogP contribution in [0.1, 0.15) is 69.8 Å². The second kappa shape index (κ2) is 10.7. The average molecular weight is 413 g/mol. The van der Waals surface area contributed by atoms with Gasteiger partial charge in [-0.1, -0.05) is 43.5 Å². The van der Waals surface area contributed by atoms with E-state index in [4.69, 9.17) is 4.74 Å². The van der Waals surface area contributed by atoms with Crippen LogP contribution in [0.15, 0.2) is 12.1 Å². The lowest BCUT2D eigenvalue weighted by atomic mass is 9.72. The Hall–Kier alpha value is -0.973. The summed E-state index contributed by atoms with van der Waals surface area (Å²) in [6.07, 6.45) is 8.75.